The SMILES string of the molecule is NS(=O)(=O)c1cccc(-c2n[nH]c3ccc(NC(=O)[C@H](c4ccsc4)N4CCCC4)cc23)c1.O=C(O)C(F)(F)F. The molecule has 10 nitrogen and oxygen atoms in total. The molecule has 1 saturated heterocycles. The van der Waals surface area contributed by atoms with E-state index in [9.17, 15) is 26.4 Å². The van der Waals surface area contributed by atoms with Gasteiger partial charge in [0.05, 0.1) is 10.4 Å². The van der Waals surface area contributed by atoms with Crippen LogP contribution in [0, 0.1) is 0 Å². The van der Waals surface area contributed by atoms with Crippen LogP contribution in [-0.2, 0) is 19.6 Å². The van der Waals surface area contributed by atoms with Crippen LogP contribution in [0.1, 0.15) is 24.4 Å². The fraction of sp³-hybridized carbons (Fsp3) is 0.240. The van der Waals surface area contributed by atoms with E-state index < -0.39 is 22.2 Å². The first-order valence-electron chi connectivity index (χ1n) is 11.8. The lowest BCUT2D eigenvalue weighted by atomic mass is 10.1. The molecule has 0 aliphatic carbocycles. The number of carbonyl (C=O) groups is 2. The molecule has 3 heterocycles. The number of amides is 1. The highest BCUT2D eigenvalue weighted by atomic mass is 32.2. The van der Waals surface area contributed by atoms with Crippen molar-refractivity contribution < 1.29 is 36.3 Å². The molecular formula is C25H24F3N5O5S2. The highest BCUT2D eigenvalue weighted by Crippen LogP contribution is 2.32. The summed E-state index contributed by atoms with van der Waals surface area (Å²) >= 11 is 1.59. The van der Waals surface area contributed by atoms with Gasteiger partial charge in [-0.2, -0.15) is 29.6 Å². The predicted molar refractivity (Wildman–Crippen MR) is 143 cm³/mol. The average Bonchev–Trinajstić information content (AvgIpc) is 3.66. The van der Waals surface area contributed by atoms with Crippen molar-refractivity contribution in [2.45, 2.75) is 30.0 Å². The number of alkyl halides is 3. The summed E-state index contributed by atoms with van der Waals surface area (Å²) in [6.07, 6.45) is -2.90. The van der Waals surface area contributed by atoms with Gasteiger partial charge in [0.15, 0.2) is 0 Å². The van der Waals surface area contributed by atoms with Crippen molar-refractivity contribution in [2.24, 2.45) is 5.14 Å². The Labute approximate surface area is 230 Å². The van der Waals surface area contributed by atoms with E-state index in [1.165, 1.54) is 12.1 Å². The Morgan fingerprint density at radius 2 is 1.82 bits per heavy atom. The normalized spacial score (nSPS) is 14.9. The number of anilines is 1. The molecule has 1 atom stereocenters. The summed E-state index contributed by atoms with van der Waals surface area (Å²) in [5, 5.41) is 27.6. The van der Waals surface area contributed by atoms with Crippen molar-refractivity contribution in [3.8, 4) is 11.3 Å². The largest absolute Gasteiger partial charge is 0.490 e. The topological polar surface area (TPSA) is 158 Å². The summed E-state index contributed by atoms with van der Waals surface area (Å²) in [7, 11) is -3.83. The number of thiophene rings is 1. The van der Waals surface area contributed by atoms with Gasteiger partial charge in [0.1, 0.15) is 11.7 Å². The van der Waals surface area contributed by atoms with Gasteiger partial charge in [0.2, 0.25) is 15.9 Å². The number of halogens is 3. The molecule has 212 valence electrons. The third kappa shape index (κ3) is 6.85. The summed E-state index contributed by atoms with van der Waals surface area (Å²) < 4.78 is 55.3. The standard InChI is InChI=1S/C23H23N5O3S2.C2HF3O2/c24-33(30,31)18-5-3-4-15(12-18)21-19-13-17(6-7-20(19)26-27-21)25-23(29)22(16-8-11-32-14-16)28-9-1-2-10-28;3-2(4,5)1(6)7/h3-8,11-14,22H,1-2,9-10H2,(H,25,29)(H,26,27)(H2,24,30,31);(H,6,7)/t22-;/m0./s1. The minimum Gasteiger partial charge on any atom is -0.475 e. The van der Waals surface area contributed by atoms with Gasteiger partial charge in [-0.1, -0.05) is 12.1 Å². The van der Waals surface area contributed by atoms with Crippen molar-refractivity contribution in [1.82, 2.24) is 15.1 Å². The Morgan fingerprint density at radius 1 is 1.12 bits per heavy atom. The molecule has 2 aromatic heterocycles. The van der Waals surface area contributed by atoms with Crippen LogP contribution in [0.15, 0.2) is 64.2 Å². The van der Waals surface area contributed by atoms with Gasteiger partial charge in [0.25, 0.3) is 0 Å². The predicted octanol–water partition coefficient (Wildman–Crippen LogP) is 4.35. The molecule has 1 fully saturated rings. The second kappa shape index (κ2) is 11.8. The number of nitrogens with one attached hydrogen (secondary N) is 2. The molecule has 15 heteroatoms. The zero-order valence-electron chi connectivity index (χ0n) is 20.7. The molecule has 1 aliphatic rings. The Kier molecular flexibility index (Phi) is 8.58. The lowest BCUT2D eigenvalue weighted by Crippen LogP contribution is -2.35. The van der Waals surface area contributed by atoms with Crippen LogP contribution in [0.4, 0.5) is 18.9 Å². The van der Waals surface area contributed by atoms with E-state index in [0.717, 1.165) is 42.4 Å². The molecule has 1 amide bonds. The molecule has 40 heavy (non-hydrogen) atoms. The van der Waals surface area contributed by atoms with Crippen LogP contribution in [0.3, 0.4) is 0 Å². The minimum absolute atomic E-state index is 0.0184. The number of aliphatic carboxylic acids is 1. The van der Waals surface area contributed by atoms with Gasteiger partial charge >= 0.3 is 12.1 Å². The Hall–Kier alpha value is -3.79. The molecular weight excluding hydrogens is 571 g/mol. The maximum Gasteiger partial charge on any atom is 0.490 e. The van der Waals surface area contributed by atoms with E-state index in [1.807, 2.05) is 35.0 Å². The number of carbonyl (C=O) groups excluding carboxylic acids is 1. The maximum absolute atomic E-state index is 13.3. The first-order valence-corrected chi connectivity index (χ1v) is 14.3. The van der Waals surface area contributed by atoms with E-state index in [1.54, 1.807) is 23.5 Å². The number of aromatic nitrogens is 2. The first kappa shape index (κ1) is 29.2. The minimum atomic E-state index is -5.08. The van der Waals surface area contributed by atoms with Gasteiger partial charge in [-0.3, -0.25) is 14.8 Å². The number of carboxylic acid groups (broad SMARTS) is 1. The highest BCUT2D eigenvalue weighted by molar-refractivity contribution is 7.89. The number of nitrogens with zero attached hydrogens (tertiary/aromatic N) is 2. The van der Waals surface area contributed by atoms with Crippen LogP contribution in [0.5, 0.6) is 0 Å². The molecule has 4 aromatic rings. The number of primary sulfonamides is 1. The molecule has 5 N–H and O–H groups in total. The van der Waals surface area contributed by atoms with Crippen molar-refractivity contribution in [2.75, 3.05) is 18.4 Å². The maximum atomic E-state index is 13.3. The molecule has 0 bridgehead atoms. The fourth-order valence-electron chi connectivity index (χ4n) is 4.30. The molecule has 2 aromatic carbocycles. The molecule has 0 unspecified atom stereocenters. The number of fused-ring (bicyclic) bond motifs is 1. The molecule has 0 radical (unpaired) electrons. The van der Waals surface area contributed by atoms with Crippen LogP contribution < -0.4 is 10.5 Å². The quantitative estimate of drug-likeness (QED) is 0.258. The number of aromatic amines is 1. The highest BCUT2D eigenvalue weighted by Gasteiger charge is 2.38. The van der Waals surface area contributed by atoms with Gasteiger partial charge in [-0.25, -0.2) is 18.4 Å². The third-order valence-corrected chi connectivity index (χ3v) is 7.73. The fourth-order valence-corrected chi connectivity index (χ4v) is 5.54. The van der Waals surface area contributed by atoms with E-state index in [0.29, 0.717) is 16.9 Å². The Morgan fingerprint density at radius 3 is 2.42 bits per heavy atom. The number of carboxylic acids is 1. The lowest BCUT2D eigenvalue weighted by Gasteiger charge is -2.26. The number of nitrogens with two attached hydrogens (primary N) is 1. The number of H-pyrrole nitrogens is 1. The Bertz CT molecular complexity index is 1620. The van der Waals surface area contributed by atoms with Crippen LogP contribution >= 0.6 is 11.3 Å². The number of rotatable bonds is 6. The van der Waals surface area contributed by atoms with Gasteiger partial charge in [-0.05, 0) is 78.7 Å². The smallest absolute Gasteiger partial charge is 0.475 e. The summed E-state index contributed by atoms with van der Waals surface area (Å²) in [6, 6.07) is 13.5. The number of hydrogen-bond donors (Lipinski definition) is 4. The second-order valence-electron chi connectivity index (χ2n) is 8.90. The molecule has 5 rings (SSSR count). The van der Waals surface area contributed by atoms with Gasteiger partial charge < -0.3 is 10.4 Å². The number of hydrogen-bond acceptors (Lipinski definition) is 7. The first-order chi connectivity index (χ1) is 18.8. The van der Waals surface area contributed by atoms with Gasteiger partial charge in [0, 0.05) is 16.6 Å². The summed E-state index contributed by atoms with van der Waals surface area (Å²) in [5.74, 6) is -2.83. The van der Waals surface area contributed by atoms with Crippen LogP contribution in [0.2, 0.25) is 0 Å². The zero-order chi connectivity index (χ0) is 29.1. The van der Waals surface area contributed by atoms with Crippen LogP contribution in [0.25, 0.3) is 22.2 Å². The monoisotopic (exact) mass is 595 g/mol. The molecule has 0 saturated carbocycles. The van der Waals surface area contributed by atoms with Crippen molar-refractivity contribution in [3.63, 3.8) is 0 Å². The zero-order valence-corrected chi connectivity index (χ0v) is 22.3. The number of sulfonamides is 1. The summed E-state index contributed by atoms with van der Waals surface area (Å²) in [4.78, 5) is 24.5. The van der Waals surface area contributed by atoms with Gasteiger partial charge in [-0.15, -0.1) is 0 Å². The lowest BCUT2D eigenvalue weighted by molar-refractivity contribution is -0.192. The molecule has 0 spiro atoms. The Balaban J connectivity index is 0.000000470. The van der Waals surface area contributed by atoms with Crippen molar-refractivity contribution in [3.05, 3.63) is 64.9 Å². The van der Waals surface area contributed by atoms with Crippen molar-refractivity contribution in [1.29, 1.82) is 0 Å². The second-order valence-corrected chi connectivity index (χ2v) is 11.2. The van der Waals surface area contributed by atoms with Crippen molar-refractivity contribution >= 4 is 49.8 Å². The van der Waals surface area contributed by atoms with E-state index >= 15 is 0 Å². The average molecular weight is 596 g/mol. The molecule has 1 aliphatic heterocycles. The van der Waals surface area contributed by atoms with E-state index in [-0.39, 0.29) is 16.8 Å². The third-order valence-electron chi connectivity index (χ3n) is 6.12. The number of likely N-dealkylation sites (tertiary alicyclic amines) is 1. The van der Waals surface area contributed by atoms with E-state index in [4.69, 9.17) is 15.0 Å². The summed E-state index contributed by atoms with van der Waals surface area (Å²) in [5.41, 5.74) is 3.63. The van der Waals surface area contributed by atoms with E-state index in [2.05, 4.69) is 20.4 Å². The number of benzene rings is 2. The summed E-state index contributed by atoms with van der Waals surface area (Å²) in [6.45, 7) is 1.80. The van der Waals surface area contributed by atoms with Crippen LogP contribution in [-0.4, -0.2) is 59.8 Å².